The fourth-order valence-corrected chi connectivity index (χ4v) is 3.28. The summed E-state index contributed by atoms with van der Waals surface area (Å²) in [5.41, 5.74) is 0.700. The van der Waals surface area contributed by atoms with Gasteiger partial charge in [0.1, 0.15) is 6.10 Å². The number of benzene rings is 1. The van der Waals surface area contributed by atoms with Gasteiger partial charge in [-0.25, -0.2) is 8.42 Å². The number of hydrogen-bond donors (Lipinski definition) is 1. The van der Waals surface area contributed by atoms with Crippen LogP contribution in [-0.4, -0.2) is 44.0 Å². The number of nitrogens with one attached hydrogen (secondary N) is 1. The van der Waals surface area contributed by atoms with E-state index in [0.717, 1.165) is 25.9 Å². The molecule has 1 saturated heterocycles. The Morgan fingerprint density at radius 3 is 2.54 bits per heavy atom. The summed E-state index contributed by atoms with van der Waals surface area (Å²) < 4.78 is 34.3. The molecule has 0 bridgehead atoms. The highest BCUT2D eigenvalue weighted by Gasteiger charge is 2.22. The maximum atomic E-state index is 11.5. The maximum absolute atomic E-state index is 11.5. The van der Waals surface area contributed by atoms with E-state index < -0.39 is 9.84 Å². The summed E-state index contributed by atoms with van der Waals surface area (Å²) >= 11 is 0. The lowest BCUT2D eigenvalue weighted by Gasteiger charge is -2.24. The van der Waals surface area contributed by atoms with Gasteiger partial charge >= 0.3 is 0 Å². The molecule has 130 valence electrons. The molecule has 0 spiro atoms. The van der Waals surface area contributed by atoms with Crippen molar-refractivity contribution in [2.24, 2.45) is 0 Å². The first-order valence-electron chi connectivity index (χ1n) is 7.94. The maximum Gasteiger partial charge on any atom is 0.255 e. The largest absolute Gasteiger partial charge is 0.365 e. The summed E-state index contributed by atoms with van der Waals surface area (Å²) in [7, 11) is -3.22. The van der Waals surface area contributed by atoms with E-state index in [2.05, 4.69) is 15.5 Å². The molecule has 0 radical (unpaired) electrons. The van der Waals surface area contributed by atoms with Crippen molar-refractivity contribution in [3.05, 3.63) is 30.2 Å². The molecule has 1 N–H and O–H groups in total. The molecule has 1 atom stereocenters. The lowest BCUT2D eigenvalue weighted by Crippen LogP contribution is -2.33. The van der Waals surface area contributed by atoms with Gasteiger partial charge in [0.05, 0.1) is 11.0 Å². The zero-order valence-corrected chi connectivity index (χ0v) is 14.5. The van der Waals surface area contributed by atoms with Gasteiger partial charge < -0.3 is 14.6 Å². The Bertz CT molecular complexity index is 780. The quantitative estimate of drug-likeness (QED) is 0.880. The summed E-state index contributed by atoms with van der Waals surface area (Å²) in [4.78, 5) is 4.63. The third-order valence-electron chi connectivity index (χ3n) is 4.01. The predicted octanol–water partition coefficient (Wildman–Crippen LogP) is 1.97. The van der Waals surface area contributed by atoms with Crippen molar-refractivity contribution in [1.82, 2.24) is 15.5 Å². The van der Waals surface area contributed by atoms with Crippen molar-refractivity contribution in [1.29, 1.82) is 0 Å². The van der Waals surface area contributed by atoms with E-state index in [1.807, 2.05) is 6.92 Å². The predicted molar refractivity (Wildman–Crippen MR) is 88.2 cm³/mol. The minimum Gasteiger partial charge on any atom is -0.365 e. The van der Waals surface area contributed by atoms with Crippen LogP contribution in [0.5, 0.6) is 0 Å². The second-order valence-electron chi connectivity index (χ2n) is 5.98. The first-order valence-corrected chi connectivity index (χ1v) is 9.83. The van der Waals surface area contributed by atoms with E-state index in [-0.39, 0.29) is 17.1 Å². The zero-order chi connectivity index (χ0) is 17.2. The van der Waals surface area contributed by atoms with Crippen LogP contribution in [0.1, 0.15) is 31.8 Å². The molecule has 24 heavy (non-hydrogen) atoms. The van der Waals surface area contributed by atoms with Crippen LogP contribution in [0, 0.1) is 0 Å². The molecule has 2 heterocycles. The zero-order valence-electron chi connectivity index (χ0n) is 13.7. The van der Waals surface area contributed by atoms with Gasteiger partial charge in [-0.3, -0.25) is 0 Å². The Kier molecular flexibility index (Phi) is 4.98. The SMILES string of the molecule is CC(OC1CCNCC1)c1nc(-c2ccc(S(C)(=O)=O)cc2)no1. The van der Waals surface area contributed by atoms with Gasteiger partial charge in [0, 0.05) is 11.8 Å². The average Bonchev–Trinajstić information content (AvgIpc) is 3.05. The van der Waals surface area contributed by atoms with Crippen LogP contribution in [0.25, 0.3) is 11.4 Å². The fourth-order valence-electron chi connectivity index (χ4n) is 2.65. The normalized spacial score (nSPS) is 17.8. The highest BCUT2D eigenvalue weighted by atomic mass is 32.2. The van der Waals surface area contributed by atoms with E-state index in [0.29, 0.717) is 17.3 Å². The minimum absolute atomic E-state index is 0.200. The Balaban J connectivity index is 1.70. The van der Waals surface area contributed by atoms with E-state index in [4.69, 9.17) is 9.26 Å². The number of hydrogen-bond acceptors (Lipinski definition) is 7. The Hall–Kier alpha value is -1.77. The van der Waals surface area contributed by atoms with Crippen LogP contribution in [-0.2, 0) is 14.6 Å². The molecule has 1 aliphatic rings. The molecule has 0 saturated carbocycles. The highest BCUT2D eigenvalue weighted by Crippen LogP contribution is 2.24. The summed E-state index contributed by atoms with van der Waals surface area (Å²) in [5, 5.41) is 7.26. The molecule has 0 aliphatic carbocycles. The highest BCUT2D eigenvalue weighted by molar-refractivity contribution is 7.90. The van der Waals surface area contributed by atoms with Crippen LogP contribution in [0.4, 0.5) is 0 Å². The van der Waals surface area contributed by atoms with Gasteiger partial charge in [0.25, 0.3) is 5.89 Å². The lowest BCUT2D eigenvalue weighted by molar-refractivity contribution is -0.0326. The van der Waals surface area contributed by atoms with Crippen molar-refractivity contribution in [2.75, 3.05) is 19.3 Å². The second kappa shape index (κ2) is 7.00. The number of aromatic nitrogens is 2. The van der Waals surface area contributed by atoms with Gasteiger partial charge in [0.2, 0.25) is 5.82 Å². The molecule has 7 nitrogen and oxygen atoms in total. The van der Waals surface area contributed by atoms with Crippen molar-refractivity contribution in [2.45, 2.75) is 36.9 Å². The second-order valence-corrected chi connectivity index (χ2v) is 8.00. The third-order valence-corrected chi connectivity index (χ3v) is 5.14. The first-order chi connectivity index (χ1) is 11.4. The third kappa shape index (κ3) is 4.00. The van der Waals surface area contributed by atoms with Crippen molar-refractivity contribution in [3.63, 3.8) is 0 Å². The lowest BCUT2D eigenvalue weighted by atomic mass is 10.1. The van der Waals surface area contributed by atoms with Gasteiger partial charge in [-0.05, 0) is 57.1 Å². The van der Waals surface area contributed by atoms with E-state index in [1.165, 1.54) is 18.4 Å². The summed E-state index contributed by atoms with van der Waals surface area (Å²) in [6, 6.07) is 6.41. The van der Waals surface area contributed by atoms with Crippen molar-refractivity contribution >= 4 is 9.84 Å². The molecule has 2 aromatic rings. The monoisotopic (exact) mass is 351 g/mol. The molecule has 1 unspecified atom stereocenters. The average molecular weight is 351 g/mol. The van der Waals surface area contributed by atoms with Gasteiger partial charge in [-0.1, -0.05) is 5.16 Å². The Labute approximate surface area is 141 Å². The van der Waals surface area contributed by atoms with Crippen LogP contribution in [0.3, 0.4) is 0 Å². The summed E-state index contributed by atoms with van der Waals surface area (Å²) in [5.74, 6) is 0.849. The standard InChI is InChI=1S/C16H21N3O4S/c1-11(22-13-7-9-17-10-8-13)16-18-15(19-23-16)12-3-5-14(6-4-12)24(2,20)21/h3-6,11,13,17H,7-10H2,1-2H3. The van der Waals surface area contributed by atoms with Crippen LogP contribution < -0.4 is 5.32 Å². The van der Waals surface area contributed by atoms with E-state index in [1.54, 1.807) is 12.1 Å². The van der Waals surface area contributed by atoms with E-state index >= 15 is 0 Å². The molecular formula is C16H21N3O4S. The number of sulfone groups is 1. The Morgan fingerprint density at radius 2 is 1.92 bits per heavy atom. The smallest absolute Gasteiger partial charge is 0.255 e. The van der Waals surface area contributed by atoms with Crippen LogP contribution >= 0.6 is 0 Å². The van der Waals surface area contributed by atoms with E-state index in [9.17, 15) is 8.42 Å². The number of nitrogens with zero attached hydrogens (tertiary/aromatic N) is 2. The minimum atomic E-state index is -3.22. The molecule has 3 rings (SSSR count). The molecule has 8 heteroatoms. The summed E-state index contributed by atoms with van der Waals surface area (Å²) in [6.07, 6.45) is 3.04. The van der Waals surface area contributed by atoms with Crippen LogP contribution in [0.2, 0.25) is 0 Å². The molecule has 0 amide bonds. The first kappa shape index (κ1) is 17.1. The van der Waals surface area contributed by atoms with Crippen molar-refractivity contribution < 1.29 is 17.7 Å². The van der Waals surface area contributed by atoms with Crippen LogP contribution in [0.15, 0.2) is 33.7 Å². The number of piperidine rings is 1. The molecule has 1 aromatic heterocycles. The summed E-state index contributed by atoms with van der Waals surface area (Å²) in [6.45, 7) is 3.81. The number of ether oxygens (including phenoxy) is 1. The van der Waals surface area contributed by atoms with Gasteiger partial charge in [0.15, 0.2) is 9.84 Å². The topological polar surface area (TPSA) is 94.3 Å². The molecule has 1 aliphatic heterocycles. The number of rotatable bonds is 5. The molecule has 1 fully saturated rings. The fraction of sp³-hybridized carbons (Fsp3) is 0.500. The van der Waals surface area contributed by atoms with Gasteiger partial charge in [-0.2, -0.15) is 4.98 Å². The molecule has 1 aromatic carbocycles. The van der Waals surface area contributed by atoms with Gasteiger partial charge in [-0.15, -0.1) is 0 Å². The van der Waals surface area contributed by atoms with Crippen molar-refractivity contribution in [3.8, 4) is 11.4 Å². The molecular weight excluding hydrogens is 330 g/mol. The Morgan fingerprint density at radius 1 is 1.25 bits per heavy atom.